The lowest BCUT2D eigenvalue weighted by Gasteiger charge is -2.09. The molecule has 2 N–H and O–H groups in total. The summed E-state index contributed by atoms with van der Waals surface area (Å²) in [6.45, 7) is 1.80. The van der Waals surface area contributed by atoms with Crippen LogP contribution in [0.5, 0.6) is 5.75 Å². The number of benzene rings is 2. The Morgan fingerprint density at radius 2 is 1.85 bits per heavy atom. The monoisotopic (exact) mass is 275 g/mol. The number of hydrogen-bond donors (Lipinski definition) is 2. The van der Waals surface area contributed by atoms with E-state index in [4.69, 9.17) is 9.84 Å². The Morgan fingerprint density at radius 1 is 1.05 bits per heavy atom. The van der Waals surface area contributed by atoms with Crippen LogP contribution in [0.15, 0.2) is 48.5 Å². The zero-order valence-corrected chi connectivity index (χ0v) is 11.2. The van der Waals surface area contributed by atoms with E-state index in [1.54, 1.807) is 12.1 Å². The molecule has 0 radical (unpaired) electrons. The molecular weight excluding hydrogens is 257 g/mol. The van der Waals surface area contributed by atoms with Crippen molar-refractivity contribution in [3.8, 4) is 5.75 Å². The summed E-state index contributed by atoms with van der Waals surface area (Å²) < 4.78 is 18.5. The van der Waals surface area contributed by atoms with Gasteiger partial charge in [0.1, 0.15) is 18.2 Å². The molecule has 0 aliphatic carbocycles. The highest BCUT2D eigenvalue weighted by Gasteiger charge is 1.99. The second-order valence-electron chi connectivity index (χ2n) is 4.46. The molecule has 106 valence electrons. The molecule has 0 bridgehead atoms. The van der Waals surface area contributed by atoms with Crippen molar-refractivity contribution in [3.05, 3.63) is 65.5 Å². The summed E-state index contributed by atoms with van der Waals surface area (Å²) in [5, 5.41) is 11.8. The van der Waals surface area contributed by atoms with Gasteiger partial charge in [-0.15, -0.1) is 0 Å². The number of nitrogens with one attached hydrogen (secondary N) is 1. The first-order chi connectivity index (χ1) is 9.78. The van der Waals surface area contributed by atoms with Crippen LogP contribution in [-0.4, -0.2) is 18.3 Å². The predicted molar refractivity (Wildman–Crippen MR) is 76.0 cm³/mol. The predicted octanol–water partition coefficient (Wildman–Crippen LogP) is 2.49. The van der Waals surface area contributed by atoms with Gasteiger partial charge in [-0.3, -0.25) is 0 Å². The highest BCUT2D eigenvalue weighted by atomic mass is 19.1. The van der Waals surface area contributed by atoms with Crippen LogP contribution in [0.25, 0.3) is 0 Å². The summed E-state index contributed by atoms with van der Waals surface area (Å²) >= 11 is 0. The van der Waals surface area contributed by atoms with E-state index in [0.29, 0.717) is 19.7 Å². The molecule has 0 saturated heterocycles. The molecule has 0 fully saturated rings. The summed E-state index contributed by atoms with van der Waals surface area (Å²) in [5.74, 6) is 0.531. The first-order valence-electron chi connectivity index (χ1n) is 6.55. The van der Waals surface area contributed by atoms with Gasteiger partial charge in [0.05, 0.1) is 6.61 Å². The van der Waals surface area contributed by atoms with Gasteiger partial charge < -0.3 is 15.2 Å². The number of rotatable bonds is 7. The van der Waals surface area contributed by atoms with Gasteiger partial charge in [-0.2, -0.15) is 0 Å². The van der Waals surface area contributed by atoms with Crippen LogP contribution < -0.4 is 10.1 Å². The minimum atomic E-state index is -0.245. The molecule has 0 aliphatic rings. The summed E-state index contributed by atoms with van der Waals surface area (Å²) in [4.78, 5) is 0. The highest BCUT2D eigenvalue weighted by Crippen LogP contribution is 2.15. The van der Waals surface area contributed by atoms with Crippen molar-refractivity contribution < 1.29 is 14.2 Å². The van der Waals surface area contributed by atoms with Gasteiger partial charge in [-0.05, 0) is 35.4 Å². The number of aliphatic hydroxyl groups is 1. The standard InChI is InChI=1S/C16H18FNO2/c17-15-6-4-13(5-7-15)12-20-16-3-1-2-14(10-16)11-18-8-9-19/h1-7,10,18-19H,8-9,11-12H2. The van der Waals surface area contributed by atoms with E-state index in [-0.39, 0.29) is 12.4 Å². The van der Waals surface area contributed by atoms with E-state index in [1.165, 1.54) is 12.1 Å². The average Bonchev–Trinajstić information content (AvgIpc) is 2.47. The van der Waals surface area contributed by atoms with Crippen LogP contribution in [0.3, 0.4) is 0 Å². The maximum Gasteiger partial charge on any atom is 0.123 e. The Bertz CT molecular complexity index is 528. The largest absolute Gasteiger partial charge is 0.489 e. The van der Waals surface area contributed by atoms with Gasteiger partial charge in [-0.25, -0.2) is 4.39 Å². The summed E-state index contributed by atoms with van der Waals surface area (Å²) in [5.41, 5.74) is 2.02. The SMILES string of the molecule is OCCNCc1cccc(OCc2ccc(F)cc2)c1. The molecule has 4 heteroatoms. The fourth-order valence-corrected chi connectivity index (χ4v) is 1.80. The van der Waals surface area contributed by atoms with Crippen molar-refractivity contribution in [1.82, 2.24) is 5.32 Å². The van der Waals surface area contributed by atoms with Gasteiger partial charge >= 0.3 is 0 Å². The van der Waals surface area contributed by atoms with Gasteiger partial charge in [0.2, 0.25) is 0 Å². The molecule has 0 atom stereocenters. The van der Waals surface area contributed by atoms with Gasteiger partial charge in [0, 0.05) is 13.1 Å². The first kappa shape index (κ1) is 14.5. The third kappa shape index (κ3) is 4.64. The smallest absolute Gasteiger partial charge is 0.123 e. The minimum Gasteiger partial charge on any atom is -0.489 e. The Kier molecular flexibility index (Phi) is 5.53. The molecule has 0 spiro atoms. The lowest BCUT2D eigenvalue weighted by Crippen LogP contribution is -2.17. The quantitative estimate of drug-likeness (QED) is 0.763. The van der Waals surface area contributed by atoms with E-state index >= 15 is 0 Å². The lowest BCUT2D eigenvalue weighted by atomic mass is 10.2. The first-order valence-corrected chi connectivity index (χ1v) is 6.55. The Hall–Kier alpha value is -1.91. The van der Waals surface area contributed by atoms with Crippen LogP contribution >= 0.6 is 0 Å². The zero-order chi connectivity index (χ0) is 14.2. The van der Waals surface area contributed by atoms with E-state index < -0.39 is 0 Å². The fraction of sp³-hybridized carbons (Fsp3) is 0.250. The Labute approximate surface area is 118 Å². The zero-order valence-electron chi connectivity index (χ0n) is 11.2. The lowest BCUT2D eigenvalue weighted by molar-refractivity contribution is 0.291. The van der Waals surface area contributed by atoms with Crippen molar-refractivity contribution in [3.63, 3.8) is 0 Å². The molecule has 0 aliphatic heterocycles. The van der Waals surface area contributed by atoms with Crippen LogP contribution in [-0.2, 0) is 13.2 Å². The molecule has 20 heavy (non-hydrogen) atoms. The molecule has 0 amide bonds. The minimum absolute atomic E-state index is 0.126. The van der Waals surface area contributed by atoms with E-state index in [9.17, 15) is 4.39 Å². The number of hydrogen-bond acceptors (Lipinski definition) is 3. The maximum atomic E-state index is 12.8. The second kappa shape index (κ2) is 7.62. The molecule has 2 rings (SSSR count). The van der Waals surface area contributed by atoms with Crippen LogP contribution in [0.1, 0.15) is 11.1 Å². The third-order valence-corrected chi connectivity index (χ3v) is 2.83. The molecule has 2 aromatic rings. The molecule has 0 heterocycles. The number of ether oxygens (including phenoxy) is 1. The van der Waals surface area contributed by atoms with Crippen molar-refractivity contribution >= 4 is 0 Å². The van der Waals surface area contributed by atoms with Crippen molar-refractivity contribution in [2.24, 2.45) is 0 Å². The van der Waals surface area contributed by atoms with Gasteiger partial charge in [-0.1, -0.05) is 24.3 Å². The molecule has 0 saturated carbocycles. The fourth-order valence-electron chi connectivity index (χ4n) is 1.80. The number of halogens is 1. The topological polar surface area (TPSA) is 41.5 Å². The normalized spacial score (nSPS) is 10.5. The van der Waals surface area contributed by atoms with Crippen LogP contribution in [0, 0.1) is 5.82 Å². The van der Waals surface area contributed by atoms with Crippen molar-refractivity contribution in [2.45, 2.75) is 13.2 Å². The van der Waals surface area contributed by atoms with Crippen molar-refractivity contribution in [2.75, 3.05) is 13.2 Å². The van der Waals surface area contributed by atoms with Gasteiger partial charge in [0.15, 0.2) is 0 Å². The summed E-state index contributed by atoms with van der Waals surface area (Å²) in [7, 11) is 0. The summed E-state index contributed by atoms with van der Waals surface area (Å²) in [6.07, 6.45) is 0. The molecule has 3 nitrogen and oxygen atoms in total. The molecule has 0 unspecified atom stereocenters. The molecule has 0 aromatic heterocycles. The van der Waals surface area contributed by atoms with E-state index in [1.807, 2.05) is 24.3 Å². The molecular formula is C16H18FNO2. The van der Waals surface area contributed by atoms with Crippen molar-refractivity contribution in [1.29, 1.82) is 0 Å². The van der Waals surface area contributed by atoms with Crippen LogP contribution in [0.4, 0.5) is 4.39 Å². The Morgan fingerprint density at radius 3 is 2.60 bits per heavy atom. The van der Waals surface area contributed by atoms with Crippen LogP contribution in [0.2, 0.25) is 0 Å². The highest BCUT2D eigenvalue weighted by molar-refractivity contribution is 5.29. The van der Waals surface area contributed by atoms with E-state index in [0.717, 1.165) is 16.9 Å². The van der Waals surface area contributed by atoms with Gasteiger partial charge in [0.25, 0.3) is 0 Å². The van der Waals surface area contributed by atoms with E-state index in [2.05, 4.69) is 5.32 Å². The Balaban J connectivity index is 1.89. The average molecular weight is 275 g/mol. The second-order valence-corrected chi connectivity index (χ2v) is 4.46. The number of aliphatic hydroxyl groups excluding tert-OH is 1. The maximum absolute atomic E-state index is 12.8. The molecule has 2 aromatic carbocycles. The summed E-state index contributed by atoms with van der Waals surface area (Å²) in [6, 6.07) is 14.0. The third-order valence-electron chi connectivity index (χ3n) is 2.83.